The van der Waals surface area contributed by atoms with Crippen LogP contribution < -0.4 is 4.74 Å². The number of aryl methyl sites for hydroxylation is 2. The molecule has 1 atom stereocenters. The minimum absolute atomic E-state index is 0.00945. The van der Waals surface area contributed by atoms with Gasteiger partial charge >= 0.3 is 0 Å². The van der Waals surface area contributed by atoms with Gasteiger partial charge in [-0.3, -0.25) is 4.79 Å². The molecule has 0 aliphatic carbocycles. The van der Waals surface area contributed by atoms with Crippen LogP contribution >= 0.6 is 11.3 Å². The van der Waals surface area contributed by atoms with E-state index in [0.717, 1.165) is 34.9 Å². The van der Waals surface area contributed by atoms with E-state index in [1.54, 1.807) is 7.11 Å². The normalized spacial score (nSPS) is 16.7. The Bertz CT molecular complexity index is 964. The van der Waals surface area contributed by atoms with Gasteiger partial charge in [0, 0.05) is 12.1 Å². The number of amides is 1. The Labute approximate surface area is 161 Å². The van der Waals surface area contributed by atoms with E-state index in [0.29, 0.717) is 23.1 Å². The fourth-order valence-electron chi connectivity index (χ4n) is 3.35. The standard InChI is InChI=1S/C19H20N4O3S/c1-11-16(27-12(2)20-11)19(24)23-10-4-5-15(23)18-21-17(22-26-18)13-6-8-14(25-3)9-7-13/h6-9,15H,4-5,10H2,1-3H3. The summed E-state index contributed by atoms with van der Waals surface area (Å²) >= 11 is 1.43. The number of likely N-dealkylation sites (tertiary alicyclic amines) is 1. The molecular formula is C19H20N4O3S. The van der Waals surface area contributed by atoms with Crippen molar-refractivity contribution in [1.82, 2.24) is 20.0 Å². The van der Waals surface area contributed by atoms with Gasteiger partial charge in [-0.2, -0.15) is 4.98 Å². The van der Waals surface area contributed by atoms with E-state index >= 15 is 0 Å². The molecule has 3 aromatic rings. The summed E-state index contributed by atoms with van der Waals surface area (Å²) in [6, 6.07) is 7.28. The van der Waals surface area contributed by atoms with Crippen molar-refractivity contribution in [2.75, 3.05) is 13.7 Å². The lowest BCUT2D eigenvalue weighted by Gasteiger charge is -2.21. The molecule has 7 nitrogen and oxygen atoms in total. The minimum atomic E-state index is -0.196. The summed E-state index contributed by atoms with van der Waals surface area (Å²) in [4.78, 5) is 24.4. The van der Waals surface area contributed by atoms with Crippen LogP contribution in [0.3, 0.4) is 0 Å². The summed E-state index contributed by atoms with van der Waals surface area (Å²) in [5, 5.41) is 4.99. The molecule has 0 spiro atoms. The zero-order valence-electron chi connectivity index (χ0n) is 15.4. The van der Waals surface area contributed by atoms with Gasteiger partial charge in [0.2, 0.25) is 11.7 Å². The smallest absolute Gasteiger partial charge is 0.266 e. The quantitative estimate of drug-likeness (QED) is 0.681. The van der Waals surface area contributed by atoms with Crippen molar-refractivity contribution >= 4 is 17.2 Å². The summed E-state index contributed by atoms with van der Waals surface area (Å²) in [6.07, 6.45) is 1.72. The first kappa shape index (κ1) is 17.7. The molecule has 0 radical (unpaired) electrons. The summed E-state index contributed by atoms with van der Waals surface area (Å²) in [5.41, 5.74) is 1.62. The van der Waals surface area contributed by atoms with E-state index in [-0.39, 0.29) is 11.9 Å². The van der Waals surface area contributed by atoms with Gasteiger partial charge in [-0.1, -0.05) is 5.16 Å². The fraction of sp³-hybridized carbons (Fsp3) is 0.368. The van der Waals surface area contributed by atoms with Crippen LogP contribution in [-0.2, 0) is 0 Å². The van der Waals surface area contributed by atoms with E-state index < -0.39 is 0 Å². The van der Waals surface area contributed by atoms with Crippen LogP contribution in [0.4, 0.5) is 0 Å². The number of carbonyl (C=O) groups is 1. The van der Waals surface area contributed by atoms with E-state index in [4.69, 9.17) is 9.26 Å². The minimum Gasteiger partial charge on any atom is -0.497 e. The highest BCUT2D eigenvalue weighted by atomic mass is 32.1. The summed E-state index contributed by atoms with van der Waals surface area (Å²) in [7, 11) is 1.62. The first-order chi connectivity index (χ1) is 13.1. The molecule has 1 unspecified atom stereocenters. The van der Waals surface area contributed by atoms with Gasteiger partial charge in [0.05, 0.1) is 17.8 Å². The number of thiazole rings is 1. The van der Waals surface area contributed by atoms with Crippen LogP contribution in [0.2, 0.25) is 0 Å². The Morgan fingerprint density at radius 2 is 2.04 bits per heavy atom. The van der Waals surface area contributed by atoms with Gasteiger partial charge in [-0.05, 0) is 51.0 Å². The monoisotopic (exact) mass is 384 g/mol. The molecule has 0 N–H and O–H groups in total. The summed E-state index contributed by atoms with van der Waals surface area (Å²) in [6.45, 7) is 4.46. The molecule has 1 aromatic carbocycles. The van der Waals surface area contributed by atoms with E-state index in [1.807, 2.05) is 43.0 Å². The molecule has 0 saturated carbocycles. The van der Waals surface area contributed by atoms with Crippen LogP contribution in [0, 0.1) is 13.8 Å². The Kier molecular flexibility index (Phi) is 4.65. The van der Waals surface area contributed by atoms with Crippen LogP contribution in [0.5, 0.6) is 5.75 Å². The molecule has 2 aromatic heterocycles. The molecule has 1 amide bonds. The van der Waals surface area contributed by atoms with Crippen LogP contribution in [0.1, 0.15) is 45.1 Å². The molecule has 4 rings (SSSR count). The fourth-order valence-corrected chi connectivity index (χ4v) is 4.23. The number of methoxy groups -OCH3 is 1. The molecule has 1 aliphatic rings. The Morgan fingerprint density at radius 3 is 2.70 bits per heavy atom. The van der Waals surface area contributed by atoms with Gasteiger partial charge in [0.1, 0.15) is 16.7 Å². The van der Waals surface area contributed by atoms with Crippen molar-refractivity contribution in [3.63, 3.8) is 0 Å². The predicted octanol–water partition coefficient (Wildman–Crippen LogP) is 3.80. The summed E-state index contributed by atoms with van der Waals surface area (Å²) in [5.74, 6) is 1.75. The maximum Gasteiger partial charge on any atom is 0.266 e. The number of ether oxygens (including phenoxy) is 1. The van der Waals surface area contributed by atoms with Crippen LogP contribution in [0.25, 0.3) is 11.4 Å². The lowest BCUT2D eigenvalue weighted by Crippen LogP contribution is -2.30. The van der Waals surface area contributed by atoms with Crippen molar-refractivity contribution in [3.05, 3.63) is 45.7 Å². The van der Waals surface area contributed by atoms with Gasteiger partial charge in [-0.25, -0.2) is 4.98 Å². The molecule has 3 heterocycles. The molecule has 27 heavy (non-hydrogen) atoms. The molecule has 1 fully saturated rings. The molecule has 140 valence electrons. The van der Waals surface area contributed by atoms with Crippen molar-refractivity contribution < 1.29 is 14.1 Å². The van der Waals surface area contributed by atoms with Gasteiger partial charge in [0.15, 0.2) is 0 Å². The molecular weight excluding hydrogens is 364 g/mol. The number of carbonyl (C=O) groups excluding carboxylic acids is 1. The maximum absolute atomic E-state index is 13.0. The zero-order chi connectivity index (χ0) is 19.0. The largest absolute Gasteiger partial charge is 0.497 e. The zero-order valence-corrected chi connectivity index (χ0v) is 16.2. The Hall–Kier alpha value is -2.74. The lowest BCUT2D eigenvalue weighted by atomic mass is 10.2. The lowest BCUT2D eigenvalue weighted by molar-refractivity contribution is 0.0714. The van der Waals surface area contributed by atoms with E-state index in [1.165, 1.54) is 11.3 Å². The second-order valence-electron chi connectivity index (χ2n) is 6.49. The van der Waals surface area contributed by atoms with Crippen LogP contribution in [0.15, 0.2) is 28.8 Å². The average molecular weight is 384 g/mol. The molecule has 1 saturated heterocycles. The average Bonchev–Trinajstić information content (AvgIpc) is 3.40. The number of nitrogens with zero attached hydrogens (tertiary/aromatic N) is 4. The number of hydrogen-bond donors (Lipinski definition) is 0. The molecule has 1 aliphatic heterocycles. The highest BCUT2D eigenvalue weighted by molar-refractivity contribution is 7.13. The van der Waals surface area contributed by atoms with Crippen molar-refractivity contribution in [3.8, 4) is 17.1 Å². The predicted molar refractivity (Wildman–Crippen MR) is 101 cm³/mol. The number of benzene rings is 1. The SMILES string of the molecule is COc1ccc(-c2noc(C3CCCN3C(=O)c3sc(C)nc3C)n2)cc1. The third-order valence-electron chi connectivity index (χ3n) is 4.69. The van der Waals surface area contributed by atoms with Crippen molar-refractivity contribution in [2.45, 2.75) is 32.7 Å². The molecule has 0 bridgehead atoms. The number of hydrogen-bond acceptors (Lipinski definition) is 7. The van der Waals surface area contributed by atoms with Crippen molar-refractivity contribution in [1.29, 1.82) is 0 Å². The first-order valence-corrected chi connectivity index (χ1v) is 9.61. The number of aromatic nitrogens is 3. The Morgan fingerprint density at radius 1 is 1.26 bits per heavy atom. The second kappa shape index (κ2) is 7.11. The third-order valence-corrected chi connectivity index (χ3v) is 5.75. The van der Waals surface area contributed by atoms with Crippen molar-refractivity contribution in [2.24, 2.45) is 0 Å². The summed E-state index contributed by atoms with van der Waals surface area (Å²) < 4.78 is 10.7. The van der Waals surface area contributed by atoms with E-state index in [9.17, 15) is 4.79 Å². The van der Waals surface area contributed by atoms with Gasteiger partial charge in [0.25, 0.3) is 5.91 Å². The maximum atomic E-state index is 13.0. The highest BCUT2D eigenvalue weighted by Crippen LogP contribution is 2.34. The van der Waals surface area contributed by atoms with E-state index in [2.05, 4.69) is 15.1 Å². The van der Waals surface area contributed by atoms with Crippen LogP contribution in [-0.4, -0.2) is 39.6 Å². The second-order valence-corrected chi connectivity index (χ2v) is 7.69. The molecule has 8 heteroatoms. The third kappa shape index (κ3) is 3.32. The first-order valence-electron chi connectivity index (χ1n) is 8.80. The number of rotatable bonds is 4. The topological polar surface area (TPSA) is 81.4 Å². The highest BCUT2D eigenvalue weighted by Gasteiger charge is 2.36. The Balaban J connectivity index is 1.58. The van der Waals surface area contributed by atoms with Gasteiger partial charge < -0.3 is 14.2 Å². The van der Waals surface area contributed by atoms with Gasteiger partial charge in [-0.15, -0.1) is 11.3 Å².